The number of hydrogen-bond acceptors (Lipinski definition) is 7. The summed E-state index contributed by atoms with van der Waals surface area (Å²) in [5, 5.41) is 10.0. The SMILES string of the molecule is CCS(=O)(=O)CC(O)COc1ccc(N2CCC(Oc3ccc(-c4ccccc4)cc3)C2=O)cc1OC. The maximum Gasteiger partial charge on any atom is 0.268 e. The third kappa shape index (κ3) is 6.61. The minimum absolute atomic E-state index is 0.0460. The zero-order chi connectivity index (χ0) is 26.4. The Morgan fingerprint density at radius 1 is 1.00 bits per heavy atom. The molecule has 8 nitrogen and oxygen atoms in total. The van der Waals surface area contributed by atoms with E-state index < -0.39 is 22.0 Å². The van der Waals surface area contributed by atoms with Crippen LogP contribution in [0.4, 0.5) is 5.69 Å². The molecule has 1 saturated heterocycles. The number of carbonyl (C=O) groups excluding carboxylic acids is 1. The molecule has 1 amide bonds. The number of hydrogen-bond donors (Lipinski definition) is 1. The highest BCUT2D eigenvalue weighted by Gasteiger charge is 2.34. The van der Waals surface area contributed by atoms with Crippen molar-refractivity contribution in [1.82, 2.24) is 0 Å². The predicted octanol–water partition coefficient (Wildman–Crippen LogP) is 3.72. The second kappa shape index (κ2) is 11.7. The van der Waals surface area contributed by atoms with E-state index in [2.05, 4.69) is 0 Å². The van der Waals surface area contributed by atoms with Crippen LogP contribution >= 0.6 is 0 Å². The van der Waals surface area contributed by atoms with E-state index in [-0.39, 0.29) is 24.0 Å². The van der Waals surface area contributed by atoms with E-state index in [9.17, 15) is 18.3 Å². The summed E-state index contributed by atoms with van der Waals surface area (Å²) in [5.41, 5.74) is 2.81. The zero-order valence-electron chi connectivity index (χ0n) is 20.9. The average molecular weight is 526 g/mol. The van der Waals surface area contributed by atoms with Crippen LogP contribution in [0.3, 0.4) is 0 Å². The largest absolute Gasteiger partial charge is 0.493 e. The van der Waals surface area contributed by atoms with E-state index in [1.807, 2.05) is 54.6 Å². The number of aliphatic hydroxyl groups excluding tert-OH is 1. The average Bonchev–Trinajstić information content (AvgIpc) is 3.27. The van der Waals surface area contributed by atoms with E-state index in [0.29, 0.717) is 35.9 Å². The molecule has 3 aromatic carbocycles. The molecule has 0 saturated carbocycles. The second-order valence-corrected chi connectivity index (χ2v) is 11.2. The standard InChI is InChI=1S/C28H31NO7S/c1-3-37(32,33)19-23(30)18-35-25-14-11-22(17-27(25)34-2)29-16-15-26(28(29)31)36-24-12-9-21(10-13-24)20-7-5-4-6-8-20/h4-14,17,23,26,30H,3,15-16,18-19H2,1-2H3. The van der Waals surface area contributed by atoms with Gasteiger partial charge in [0.15, 0.2) is 27.4 Å². The molecule has 0 aliphatic carbocycles. The van der Waals surface area contributed by atoms with E-state index in [4.69, 9.17) is 14.2 Å². The molecule has 1 fully saturated rings. The molecule has 0 bridgehead atoms. The lowest BCUT2D eigenvalue weighted by Gasteiger charge is -2.20. The van der Waals surface area contributed by atoms with Gasteiger partial charge in [0.05, 0.1) is 12.9 Å². The Labute approximate surface area is 217 Å². The van der Waals surface area contributed by atoms with Crippen LogP contribution in [-0.2, 0) is 14.6 Å². The molecule has 2 atom stereocenters. The van der Waals surface area contributed by atoms with Crippen molar-refractivity contribution in [3.8, 4) is 28.4 Å². The number of nitrogens with zero attached hydrogens (tertiary/aromatic N) is 1. The van der Waals surface area contributed by atoms with Crippen molar-refractivity contribution in [3.63, 3.8) is 0 Å². The monoisotopic (exact) mass is 525 g/mol. The van der Waals surface area contributed by atoms with Crippen LogP contribution in [0.2, 0.25) is 0 Å². The van der Waals surface area contributed by atoms with Crippen LogP contribution in [0.15, 0.2) is 72.8 Å². The van der Waals surface area contributed by atoms with Gasteiger partial charge in [0.25, 0.3) is 5.91 Å². The number of rotatable bonds is 11. The van der Waals surface area contributed by atoms with Crippen LogP contribution in [0, 0.1) is 0 Å². The van der Waals surface area contributed by atoms with Crippen molar-refractivity contribution in [2.75, 3.05) is 36.7 Å². The topological polar surface area (TPSA) is 102 Å². The molecule has 196 valence electrons. The highest BCUT2D eigenvalue weighted by molar-refractivity contribution is 7.91. The first kappa shape index (κ1) is 26.5. The Balaban J connectivity index is 1.38. The number of sulfone groups is 1. The molecule has 9 heteroatoms. The number of carbonyl (C=O) groups is 1. The lowest BCUT2D eigenvalue weighted by Crippen LogP contribution is -2.32. The van der Waals surface area contributed by atoms with Gasteiger partial charge in [-0.15, -0.1) is 0 Å². The van der Waals surface area contributed by atoms with Crippen molar-refractivity contribution in [1.29, 1.82) is 0 Å². The van der Waals surface area contributed by atoms with E-state index in [1.165, 1.54) is 14.0 Å². The fourth-order valence-corrected chi connectivity index (χ4v) is 5.05. The first-order chi connectivity index (χ1) is 17.8. The molecule has 37 heavy (non-hydrogen) atoms. The first-order valence-corrected chi connectivity index (χ1v) is 13.9. The third-order valence-corrected chi connectivity index (χ3v) is 7.94. The van der Waals surface area contributed by atoms with Crippen molar-refractivity contribution in [2.45, 2.75) is 25.6 Å². The molecule has 0 radical (unpaired) electrons. The molecule has 0 spiro atoms. The van der Waals surface area contributed by atoms with Crippen LogP contribution in [0.5, 0.6) is 17.2 Å². The summed E-state index contributed by atoms with van der Waals surface area (Å²) in [6, 6.07) is 22.8. The number of methoxy groups -OCH3 is 1. The molecule has 1 N–H and O–H groups in total. The molecule has 0 aromatic heterocycles. The summed E-state index contributed by atoms with van der Waals surface area (Å²) >= 11 is 0. The highest BCUT2D eigenvalue weighted by atomic mass is 32.2. The van der Waals surface area contributed by atoms with Crippen molar-refractivity contribution >= 4 is 21.4 Å². The van der Waals surface area contributed by atoms with Gasteiger partial charge in [-0.3, -0.25) is 4.79 Å². The zero-order valence-corrected chi connectivity index (χ0v) is 21.7. The number of anilines is 1. The fourth-order valence-electron chi connectivity index (χ4n) is 4.13. The Morgan fingerprint density at radius 2 is 1.70 bits per heavy atom. The number of benzene rings is 3. The number of ether oxygens (including phenoxy) is 3. The predicted molar refractivity (Wildman–Crippen MR) is 142 cm³/mol. The van der Waals surface area contributed by atoms with Gasteiger partial charge in [0.1, 0.15) is 18.5 Å². The van der Waals surface area contributed by atoms with Crippen LogP contribution < -0.4 is 19.1 Å². The van der Waals surface area contributed by atoms with Gasteiger partial charge in [0.2, 0.25) is 0 Å². The van der Waals surface area contributed by atoms with Crippen molar-refractivity contribution in [3.05, 3.63) is 72.8 Å². The Morgan fingerprint density at radius 3 is 2.38 bits per heavy atom. The minimum Gasteiger partial charge on any atom is -0.493 e. The maximum absolute atomic E-state index is 13.1. The summed E-state index contributed by atoms with van der Waals surface area (Å²) < 4.78 is 40.4. The van der Waals surface area contributed by atoms with Gasteiger partial charge in [-0.05, 0) is 35.4 Å². The summed E-state index contributed by atoms with van der Waals surface area (Å²) in [6.07, 6.45) is -1.22. The lowest BCUT2D eigenvalue weighted by molar-refractivity contribution is -0.122. The van der Waals surface area contributed by atoms with Gasteiger partial charge in [-0.25, -0.2) is 8.42 Å². The Hall–Kier alpha value is -3.56. The van der Waals surface area contributed by atoms with Crippen molar-refractivity contribution in [2.24, 2.45) is 0 Å². The van der Waals surface area contributed by atoms with Gasteiger partial charge in [-0.2, -0.15) is 0 Å². The molecule has 1 aliphatic heterocycles. The molecular weight excluding hydrogens is 494 g/mol. The second-order valence-electron chi connectivity index (χ2n) is 8.77. The third-order valence-electron chi connectivity index (χ3n) is 6.17. The smallest absolute Gasteiger partial charge is 0.268 e. The number of amides is 1. The van der Waals surface area contributed by atoms with Crippen molar-refractivity contribution < 1.29 is 32.5 Å². The first-order valence-electron chi connectivity index (χ1n) is 12.1. The van der Waals surface area contributed by atoms with Gasteiger partial charge in [0, 0.05) is 30.5 Å². The summed E-state index contributed by atoms with van der Waals surface area (Å²) in [4.78, 5) is 14.7. The van der Waals surface area contributed by atoms with Crippen LogP contribution in [0.1, 0.15) is 13.3 Å². The molecule has 4 rings (SSSR count). The molecule has 1 aliphatic rings. The quantitative estimate of drug-likeness (QED) is 0.407. The van der Waals surface area contributed by atoms with E-state index in [1.54, 1.807) is 23.1 Å². The highest BCUT2D eigenvalue weighted by Crippen LogP contribution is 2.34. The van der Waals surface area contributed by atoms with Gasteiger partial charge in [-0.1, -0.05) is 49.4 Å². The van der Waals surface area contributed by atoms with E-state index in [0.717, 1.165) is 11.1 Å². The van der Waals surface area contributed by atoms with E-state index >= 15 is 0 Å². The maximum atomic E-state index is 13.1. The lowest BCUT2D eigenvalue weighted by atomic mass is 10.1. The fraction of sp³-hybridized carbons (Fsp3) is 0.321. The molecule has 1 heterocycles. The summed E-state index contributed by atoms with van der Waals surface area (Å²) in [7, 11) is -1.85. The molecule has 3 aromatic rings. The number of aliphatic hydroxyl groups is 1. The molecule has 2 unspecified atom stereocenters. The Kier molecular flexibility index (Phi) is 8.35. The van der Waals surface area contributed by atoms with Gasteiger partial charge < -0.3 is 24.2 Å². The van der Waals surface area contributed by atoms with Crippen LogP contribution in [-0.4, -0.2) is 63.4 Å². The normalized spacial score (nSPS) is 16.5. The van der Waals surface area contributed by atoms with Crippen LogP contribution in [0.25, 0.3) is 11.1 Å². The Bertz CT molecular complexity index is 1310. The summed E-state index contributed by atoms with van der Waals surface area (Å²) in [5.74, 6) is 0.778. The molecular formula is C28H31NO7S. The minimum atomic E-state index is -3.32. The van der Waals surface area contributed by atoms with Gasteiger partial charge >= 0.3 is 0 Å². The summed E-state index contributed by atoms with van der Waals surface area (Å²) in [6.45, 7) is 1.82.